The van der Waals surface area contributed by atoms with Crippen molar-refractivity contribution in [3.63, 3.8) is 0 Å². The molecule has 0 bridgehead atoms. The number of hydrogen-bond donors (Lipinski definition) is 5. The van der Waals surface area contributed by atoms with Crippen LogP contribution >= 0.6 is 21.6 Å². The lowest BCUT2D eigenvalue weighted by atomic mass is 10.0. The lowest BCUT2D eigenvalue weighted by Crippen LogP contribution is -2.48. The third-order valence-corrected chi connectivity index (χ3v) is 3.23. The molecule has 0 amide bonds. The number of aliphatic hydroxyl groups excluding tert-OH is 5. The van der Waals surface area contributed by atoms with Crippen molar-refractivity contribution in [1.29, 1.82) is 0 Å². The van der Waals surface area contributed by atoms with Crippen molar-refractivity contribution in [3.8, 4) is 0 Å². The van der Waals surface area contributed by atoms with Gasteiger partial charge in [-0.05, 0) is 17.0 Å². The number of aliphatic hydroxyl groups is 5. The smallest absolute Gasteiger partial charge is 0.230 e. The van der Waals surface area contributed by atoms with Crippen molar-refractivity contribution >= 4 is 26.7 Å². The van der Waals surface area contributed by atoms with E-state index in [1.165, 1.54) is 0 Å². The Morgan fingerprint density at radius 2 is 1.73 bits per heavy atom. The summed E-state index contributed by atoms with van der Waals surface area (Å²) in [7, 11) is 1.80. The molecule has 0 aliphatic heterocycles. The van der Waals surface area contributed by atoms with Crippen molar-refractivity contribution in [1.82, 2.24) is 0 Å². The van der Waals surface area contributed by atoms with Crippen LogP contribution in [0.3, 0.4) is 0 Å². The second kappa shape index (κ2) is 7.44. The number of rotatable bonds is 6. The SMILES string of the molecule is CSSC(=O)[C@@H](O)[C@@H](O)[C@H](O)[C@H](O)CO. The van der Waals surface area contributed by atoms with Crippen molar-refractivity contribution in [3.05, 3.63) is 0 Å². The van der Waals surface area contributed by atoms with Crippen LogP contribution in [0, 0.1) is 0 Å². The average Bonchev–Trinajstić information content (AvgIpc) is 2.25. The molecule has 90 valence electrons. The molecule has 0 aromatic heterocycles. The molecule has 0 unspecified atom stereocenters. The largest absolute Gasteiger partial charge is 0.394 e. The highest BCUT2D eigenvalue weighted by atomic mass is 33.1. The Bertz CT molecular complexity index is 202. The second-order valence-electron chi connectivity index (χ2n) is 2.74. The summed E-state index contributed by atoms with van der Waals surface area (Å²) in [5.74, 6) is 0. The molecule has 15 heavy (non-hydrogen) atoms. The predicted molar refractivity (Wildman–Crippen MR) is 57.2 cm³/mol. The van der Waals surface area contributed by atoms with E-state index in [0.29, 0.717) is 10.8 Å². The van der Waals surface area contributed by atoms with Crippen LogP contribution in [-0.4, -0.2) is 67.9 Å². The Morgan fingerprint density at radius 1 is 1.20 bits per heavy atom. The summed E-state index contributed by atoms with van der Waals surface area (Å²) in [6.07, 6.45) is -5.36. The van der Waals surface area contributed by atoms with E-state index < -0.39 is 36.1 Å². The standard InChI is InChI=1S/C7H14O6S2/c1-14-15-7(13)6(12)5(11)4(10)3(9)2-8/h3-6,8-12H,2H2,1H3/t3-,4-,5+,6+/m1/s1. The molecule has 0 aliphatic rings. The summed E-state index contributed by atoms with van der Waals surface area (Å²) >= 11 is 0. The van der Waals surface area contributed by atoms with Crippen LogP contribution < -0.4 is 0 Å². The summed E-state index contributed by atoms with van der Waals surface area (Å²) in [5, 5.41) is 44.4. The lowest BCUT2D eigenvalue weighted by Gasteiger charge is -2.24. The van der Waals surface area contributed by atoms with E-state index in [1.54, 1.807) is 6.26 Å². The highest BCUT2D eigenvalue weighted by Gasteiger charge is 2.34. The molecule has 0 radical (unpaired) electrons. The molecule has 0 fully saturated rings. The fraction of sp³-hybridized carbons (Fsp3) is 0.857. The topological polar surface area (TPSA) is 118 Å². The summed E-state index contributed by atoms with van der Waals surface area (Å²) in [5.41, 5.74) is 0. The van der Waals surface area contributed by atoms with Crippen molar-refractivity contribution < 1.29 is 30.3 Å². The molecule has 0 saturated carbocycles. The Morgan fingerprint density at radius 3 is 2.13 bits per heavy atom. The van der Waals surface area contributed by atoms with Crippen molar-refractivity contribution in [2.75, 3.05) is 12.9 Å². The fourth-order valence-corrected chi connectivity index (χ4v) is 1.98. The van der Waals surface area contributed by atoms with Gasteiger partial charge in [-0.3, -0.25) is 4.79 Å². The first-order chi connectivity index (χ1) is 6.95. The van der Waals surface area contributed by atoms with E-state index in [-0.39, 0.29) is 0 Å². The maximum atomic E-state index is 11.1. The van der Waals surface area contributed by atoms with Gasteiger partial charge in [0.1, 0.15) is 18.3 Å². The Labute approximate surface area is 94.7 Å². The first kappa shape index (κ1) is 15.2. The summed E-state index contributed by atoms with van der Waals surface area (Å²) in [4.78, 5) is 11.1. The molecular weight excluding hydrogens is 244 g/mol. The monoisotopic (exact) mass is 258 g/mol. The minimum Gasteiger partial charge on any atom is -0.394 e. The molecule has 0 spiro atoms. The van der Waals surface area contributed by atoms with Gasteiger partial charge in [0.05, 0.1) is 6.61 Å². The zero-order valence-corrected chi connectivity index (χ0v) is 9.61. The van der Waals surface area contributed by atoms with Crippen LogP contribution in [0.25, 0.3) is 0 Å². The van der Waals surface area contributed by atoms with Gasteiger partial charge in [-0.25, -0.2) is 0 Å². The van der Waals surface area contributed by atoms with Gasteiger partial charge in [-0.1, -0.05) is 10.8 Å². The molecule has 0 rings (SSSR count). The van der Waals surface area contributed by atoms with E-state index in [2.05, 4.69) is 0 Å². The van der Waals surface area contributed by atoms with E-state index in [0.717, 1.165) is 10.8 Å². The Balaban J connectivity index is 4.29. The van der Waals surface area contributed by atoms with E-state index in [9.17, 15) is 20.1 Å². The lowest BCUT2D eigenvalue weighted by molar-refractivity contribution is -0.139. The van der Waals surface area contributed by atoms with E-state index in [1.807, 2.05) is 0 Å². The van der Waals surface area contributed by atoms with E-state index in [4.69, 9.17) is 10.2 Å². The van der Waals surface area contributed by atoms with Crippen LogP contribution in [0.5, 0.6) is 0 Å². The zero-order chi connectivity index (χ0) is 12.0. The van der Waals surface area contributed by atoms with Gasteiger partial charge in [-0.2, -0.15) is 0 Å². The molecule has 8 heteroatoms. The van der Waals surface area contributed by atoms with Gasteiger partial charge < -0.3 is 25.5 Å². The first-order valence-corrected chi connectivity index (χ1v) is 6.59. The number of carbonyl (C=O) groups excluding carboxylic acids is 1. The summed E-state index contributed by atoms with van der Waals surface area (Å²) in [6.45, 7) is -0.769. The fourth-order valence-electron chi connectivity index (χ4n) is 0.793. The van der Waals surface area contributed by atoms with Crippen LogP contribution in [0.4, 0.5) is 0 Å². The average molecular weight is 258 g/mol. The molecular formula is C7H14O6S2. The predicted octanol–water partition coefficient (Wildman–Crippen LogP) is -2.04. The summed E-state index contributed by atoms with van der Waals surface area (Å²) in [6, 6.07) is 0. The Kier molecular flexibility index (Phi) is 7.53. The maximum absolute atomic E-state index is 11.1. The maximum Gasteiger partial charge on any atom is 0.230 e. The minimum atomic E-state index is -1.82. The molecule has 0 saturated heterocycles. The molecule has 0 aromatic carbocycles. The zero-order valence-electron chi connectivity index (χ0n) is 7.98. The number of hydrogen-bond acceptors (Lipinski definition) is 8. The van der Waals surface area contributed by atoms with Crippen LogP contribution in [0.15, 0.2) is 0 Å². The molecule has 0 aromatic rings. The highest BCUT2D eigenvalue weighted by molar-refractivity contribution is 8.82. The van der Waals surface area contributed by atoms with Gasteiger partial charge in [0, 0.05) is 0 Å². The molecule has 4 atom stereocenters. The molecule has 0 heterocycles. The van der Waals surface area contributed by atoms with Crippen molar-refractivity contribution in [2.45, 2.75) is 24.4 Å². The second-order valence-corrected chi connectivity index (χ2v) is 5.15. The summed E-state index contributed by atoms with van der Waals surface area (Å²) < 4.78 is 0. The third-order valence-electron chi connectivity index (χ3n) is 1.66. The van der Waals surface area contributed by atoms with Gasteiger partial charge in [0.25, 0.3) is 0 Å². The van der Waals surface area contributed by atoms with E-state index >= 15 is 0 Å². The Hall–Kier alpha value is 0.170. The van der Waals surface area contributed by atoms with Crippen LogP contribution in [0.1, 0.15) is 0 Å². The highest BCUT2D eigenvalue weighted by Crippen LogP contribution is 2.21. The molecule has 5 N–H and O–H groups in total. The quantitative estimate of drug-likeness (QED) is 0.346. The van der Waals surface area contributed by atoms with Crippen LogP contribution in [0.2, 0.25) is 0 Å². The van der Waals surface area contributed by atoms with Gasteiger partial charge >= 0.3 is 0 Å². The van der Waals surface area contributed by atoms with Crippen LogP contribution in [-0.2, 0) is 4.79 Å². The normalized spacial score (nSPS) is 19.3. The molecule has 0 aliphatic carbocycles. The number of carbonyl (C=O) groups is 1. The van der Waals surface area contributed by atoms with Crippen molar-refractivity contribution in [2.24, 2.45) is 0 Å². The molecule has 6 nitrogen and oxygen atoms in total. The van der Waals surface area contributed by atoms with Gasteiger partial charge in [-0.15, -0.1) is 0 Å². The third kappa shape index (κ3) is 4.68. The van der Waals surface area contributed by atoms with Gasteiger partial charge in [0.15, 0.2) is 6.10 Å². The minimum absolute atomic E-state index is 0.717. The first-order valence-electron chi connectivity index (χ1n) is 4.03. The van der Waals surface area contributed by atoms with Gasteiger partial charge in [0.2, 0.25) is 5.12 Å².